The van der Waals surface area contributed by atoms with Crippen molar-refractivity contribution < 1.29 is 4.79 Å². The lowest BCUT2D eigenvalue weighted by atomic mass is 9.97. The Bertz CT molecular complexity index is 879. The smallest absolute Gasteiger partial charge is 0.224 e. The second kappa shape index (κ2) is 9.65. The minimum absolute atomic E-state index is 0.0718. The number of rotatable bonds is 6. The van der Waals surface area contributed by atoms with E-state index in [0.29, 0.717) is 6.04 Å². The molecule has 2 aliphatic heterocycles. The van der Waals surface area contributed by atoms with Crippen molar-refractivity contribution in [3.8, 4) is 0 Å². The summed E-state index contributed by atoms with van der Waals surface area (Å²) in [5.74, 6) is 0.294. The predicted molar refractivity (Wildman–Crippen MR) is 127 cm³/mol. The highest BCUT2D eigenvalue weighted by molar-refractivity contribution is 7.22. The Morgan fingerprint density at radius 2 is 2.07 bits per heavy atom. The first-order chi connectivity index (χ1) is 14.5. The fraction of sp³-hybridized carbons (Fsp3) is 0.667. The summed E-state index contributed by atoms with van der Waals surface area (Å²) in [4.78, 5) is 22.6. The molecule has 0 radical (unpaired) electrons. The number of hydrogen-bond donors (Lipinski definition) is 1. The standard InChI is InChI=1S/C24H36N4OS/c1-17-14-18(2)22-21(15-17)30-24(26-22)28-12-6-9-20(16-28)23(29)25-10-7-13-27-11-5-4-8-19(27)3/h14-15,19-20H,4-13,16H2,1-3H3,(H,25,29)/t19-,20-/m1/s1. The number of likely N-dealkylation sites (tertiary alicyclic amines) is 1. The van der Waals surface area contributed by atoms with Gasteiger partial charge < -0.3 is 15.1 Å². The first-order valence-electron chi connectivity index (χ1n) is 11.7. The van der Waals surface area contributed by atoms with Crippen LogP contribution < -0.4 is 10.2 Å². The molecule has 2 fully saturated rings. The maximum Gasteiger partial charge on any atom is 0.224 e. The number of fused-ring (bicyclic) bond motifs is 1. The summed E-state index contributed by atoms with van der Waals surface area (Å²) >= 11 is 1.76. The number of amides is 1. The van der Waals surface area contributed by atoms with E-state index in [1.54, 1.807) is 11.3 Å². The van der Waals surface area contributed by atoms with Gasteiger partial charge in [0.05, 0.1) is 16.1 Å². The van der Waals surface area contributed by atoms with Crippen molar-refractivity contribution in [2.45, 2.75) is 65.3 Å². The molecule has 0 spiro atoms. The van der Waals surface area contributed by atoms with Crippen molar-refractivity contribution in [1.82, 2.24) is 15.2 Å². The molecule has 6 heteroatoms. The van der Waals surface area contributed by atoms with E-state index in [1.165, 1.54) is 41.6 Å². The highest BCUT2D eigenvalue weighted by Gasteiger charge is 2.27. The maximum atomic E-state index is 12.8. The molecule has 0 unspecified atom stereocenters. The van der Waals surface area contributed by atoms with Gasteiger partial charge in [-0.2, -0.15) is 0 Å². The molecule has 30 heavy (non-hydrogen) atoms. The van der Waals surface area contributed by atoms with E-state index < -0.39 is 0 Å². The molecule has 0 saturated carbocycles. The first-order valence-corrected chi connectivity index (χ1v) is 12.5. The van der Waals surface area contributed by atoms with Gasteiger partial charge in [-0.3, -0.25) is 4.79 Å². The van der Waals surface area contributed by atoms with Crippen molar-refractivity contribution in [3.63, 3.8) is 0 Å². The number of hydrogen-bond acceptors (Lipinski definition) is 5. The zero-order valence-electron chi connectivity index (χ0n) is 18.7. The molecule has 1 amide bonds. The number of aryl methyl sites for hydroxylation is 2. The van der Waals surface area contributed by atoms with Gasteiger partial charge in [0, 0.05) is 32.2 Å². The van der Waals surface area contributed by atoms with Crippen LogP contribution in [0.3, 0.4) is 0 Å². The van der Waals surface area contributed by atoms with E-state index in [1.807, 2.05) is 0 Å². The average Bonchev–Trinajstić information content (AvgIpc) is 3.17. The molecule has 3 heterocycles. The molecule has 4 rings (SSSR count). The lowest BCUT2D eigenvalue weighted by Gasteiger charge is -2.33. The van der Waals surface area contributed by atoms with E-state index >= 15 is 0 Å². The van der Waals surface area contributed by atoms with E-state index in [9.17, 15) is 4.79 Å². The van der Waals surface area contributed by atoms with Crippen molar-refractivity contribution in [2.24, 2.45) is 5.92 Å². The summed E-state index contributed by atoms with van der Waals surface area (Å²) in [5, 5.41) is 4.28. The number of thiazole rings is 1. The molecule has 0 aliphatic carbocycles. The SMILES string of the molecule is Cc1cc(C)c2nc(N3CCC[C@@H](C(=O)NCCCN4CCCC[C@H]4C)C3)sc2c1. The van der Waals surface area contributed by atoms with Gasteiger partial charge in [-0.05, 0) is 76.6 Å². The lowest BCUT2D eigenvalue weighted by molar-refractivity contribution is -0.125. The molecule has 164 valence electrons. The normalized spacial score (nSPS) is 23.1. The summed E-state index contributed by atoms with van der Waals surface area (Å²) < 4.78 is 1.25. The summed E-state index contributed by atoms with van der Waals surface area (Å²) in [6.07, 6.45) is 7.07. The summed E-state index contributed by atoms with van der Waals surface area (Å²) in [5.41, 5.74) is 3.63. The van der Waals surface area contributed by atoms with Gasteiger partial charge in [-0.15, -0.1) is 0 Å². The highest BCUT2D eigenvalue weighted by atomic mass is 32.1. The van der Waals surface area contributed by atoms with E-state index in [-0.39, 0.29) is 11.8 Å². The molecule has 2 aromatic rings. The number of carbonyl (C=O) groups is 1. The van der Waals surface area contributed by atoms with Gasteiger partial charge in [0.15, 0.2) is 5.13 Å². The number of anilines is 1. The van der Waals surface area contributed by atoms with Gasteiger partial charge in [0.1, 0.15) is 0 Å². The fourth-order valence-electron chi connectivity index (χ4n) is 4.99. The van der Waals surface area contributed by atoms with Gasteiger partial charge >= 0.3 is 0 Å². The van der Waals surface area contributed by atoms with E-state index in [0.717, 1.165) is 56.1 Å². The van der Waals surface area contributed by atoms with Crippen molar-refractivity contribution in [3.05, 3.63) is 23.3 Å². The molecule has 2 aliphatic rings. The Hall–Kier alpha value is -1.66. The van der Waals surface area contributed by atoms with Crippen molar-refractivity contribution >= 4 is 32.6 Å². The third-order valence-electron chi connectivity index (χ3n) is 6.74. The number of nitrogens with zero attached hydrogens (tertiary/aromatic N) is 3. The van der Waals surface area contributed by atoms with E-state index in [4.69, 9.17) is 4.98 Å². The van der Waals surface area contributed by atoms with Crippen LogP contribution in [-0.2, 0) is 4.79 Å². The summed E-state index contributed by atoms with van der Waals surface area (Å²) in [6, 6.07) is 5.12. The topological polar surface area (TPSA) is 48.5 Å². The fourth-order valence-corrected chi connectivity index (χ4v) is 6.16. The first kappa shape index (κ1) is 21.6. The van der Waals surface area contributed by atoms with Gasteiger partial charge in [-0.1, -0.05) is 23.8 Å². The number of carbonyl (C=O) groups excluding carboxylic acids is 1. The molecule has 5 nitrogen and oxygen atoms in total. The number of benzene rings is 1. The van der Waals surface area contributed by atoms with Crippen LogP contribution in [0.15, 0.2) is 12.1 Å². The van der Waals surface area contributed by atoms with Crippen LogP contribution in [0, 0.1) is 19.8 Å². The quantitative estimate of drug-likeness (QED) is 0.688. The lowest BCUT2D eigenvalue weighted by Crippen LogP contribution is -2.44. The highest BCUT2D eigenvalue weighted by Crippen LogP contribution is 2.33. The van der Waals surface area contributed by atoms with Crippen LogP contribution in [0.4, 0.5) is 5.13 Å². The van der Waals surface area contributed by atoms with Crippen LogP contribution in [0.1, 0.15) is 56.6 Å². The predicted octanol–water partition coefficient (Wildman–Crippen LogP) is 4.51. The van der Waals surface area contributed by atoms with Crippen LogP contribution >= 0.6 is 11.3 Å². The molecular formula is C24H36N4OS. The Balaban J connectivity index is 1.29. The molecule has 0 bridgehead atoms. The largest absolute Gasteiger partial charge is 0.356 e. The molecule has 2 saturated heterocycles. The van der Waals surface area contributed by atoms with Gasteiger partial charge in [0.2, 0.25) is 5.91 Å². The maximum absolute atomic E-state index is 12.8. The Morgan fingerprint density at radius 1 is 1.20 bits per heavy atom. The molecular weight excluding hydrogens is 392 g/mol. The Labute approximate surface area is 184 Å². The Kier molecular flexibility index (Phi) is 6.94. The van der Waals surface area contributed by atoms with Crippen LogP contribution in [0.25, 0.3) is 10.2 Å². The molecule has 1 aromatic carbocycles. The van der Waals surface area contributed by atoms with Crippen LogP contribution in [-0.4, -0.2) is 54.6 Å². The Morgan fingerprint density at radius 3 is 2.90 bits per heavy atom. The van der Waals surface area contributed by atoms with Crippen LogP contribution in [0.5, 0.6) is 0 Å². The minimum Gasteiger partial charge on any atom is -0.356 e. The third-order valence-corrected chi connectivity index (χ3v) is 7.81. The van der Waals surface area contributed by atoms with E-state index in [2.05, 4.69) is 48.0 Å². The van der Waals surface area contributed by atoms with Gasteiger partial charge in [-0.25, -0.2) is 4.98 Å². The zero-order chi connectivity index (χ0) is 21.1. The summed E-state index contributed by atoms with van der Waals surface area (Å²) in [7, 11) is 0. The monoisotopic (exact) mass is 428 g/mol. The number of nitrogens with one attached hydrogen (secondary N) is 1. The molecule has 1 N–H and O–H groups in total. The minimum atomic E-state index is 0.0718. The average molecular weight is 429 g/mol. The third kappa shape index (κ3) is 4.97. The van der Waals surface area contributed by atoms with Gasteiger partial charge in [0.25, 0.3) is 0 Å². The van der Waals surface area contributed by atoms with Crippen molar-refractivity contribution in [2.75, 3.05) is 37.6 Å². The molecule has 1 aromatic heterocycles. The number of aromatic nitrogens is 1. The molecule has 2 atom stereocenters. The second-order valence-electron chi connectivity index (χ2n) is 9.24. The second-order valence-corrected chi connectivity index (χ2v) is 10.2. The number of piperidine rings is 2. The van der Waals surface area contributed by atoms with Crippen LogP contribution in [0.2, 0.25) is 0 Å². The van der Waals surface area contributed by atoms with Crippen molar-refractivity contribution in [1.29, 1.82) is 0 Å². The zero-order valence-corrected chi connectivity index (χ0v) is 19.6. The summed E-state index contributed by atoms with van der Waals surface area (Å²) in [6.45, 7) is 11.5.